The van der Waals surface area contributed by atoms with Crippen molar-refractivity contribution in [3.63, 3.8) is 0 Å². The number of aromatic carboxylic acids is 1. The van der Waals surface area contributed by atoms with Crippen molar-refractivity contribution in [2.24, 2.45) is 0 Å². The molecule has 0 unspecified atom stereocenters. The summed E-state index contributed by atoms with van der Waals surface area (Å²) in [5.41, 5.74) is 3.11. The van der Waals surface area contributed by atoms with Crippen LogP contribution in [0.15, 0.2) is 35.9 Å². The zero-order valence-corrected chi connectivity index (χ0v) is 12.0. The molecular weight excluding hydrogens is 236 g/mol. The molecule has 1 rings (SSSR count). The minimum atomic E-state index is -0.860. The quantitative estimate of drug-likeness (QED) is 0.679. The number of carboxylic acid groups (broad SMARTS) is 1. The van der Waals surface area contributed by atoms with Gasteiger partial charge in [0.15, 0.2) is 0 Å². The summed E-state index contributed by atoms with van der Waals surface area (Å²) in [7, 11) is 0. The van der Waals surface area contributed by atoms with Crippen molar-refractivity contribution in [1.29, 1.82) is 0 Å². The highest BCUT2D eigenvalue weighted by molar-refractivity contribution is 5.87. The van der Waals surface area contributed by atoms with E-state index >= 15 is 0 Å². The van der Waals surface area contributed by atoms with E-state index in [1.54, 1.807) is 12.1 Å². The Bertz CT molecular complexity index is 415. The van der Waals surface area contributed by atoms with Gasteiger partial charge in [-0.15, -0.1) is 0 Å². The summed E-state index contributed by atoms with van der Waals surface area (Å²) in [6, 6.07) is 7.22. The first-order valence-electron chi connectivity index (χ1n) is 7.17. The van der Waals surface area contributed by atoms with Gasteiger partial charge in [0.25, 0.3) is 0 Å². The summed E-state index contributed by atoms with van der Waals surface area (Å²) >= 11 is 0. The predicted octanol–water partition coefficient (Wildman–Crippen LogP) is 4.84. The van der Waals surface area contributed by atoms with Crippen molar-refractivity contribution < 1.29 is 9.90 Å². The molecule has 2 heteroatoms. The fraction of sp³-hybridized carbons (Fsp3) is 0.471. The molecule has 1 N–H and O–H groups in total. The van der Waals surface area contributed by atoms with Crippen LogP contribution in [-0.4, -0.2) is 11.1 Å². The van der Waals surface area contributed by atoms with Crippen molar-refractivity contribution >= 4 is 5.97 Å². The fourth-order valence-corrected chi connectivity index (χ4v) is 2.12. The summed E-state index contributed by atoms with van der Waals surface area (Å²) in [5.74, 6) is -0.860. The second-order valence-electron chi connectivity index (χ2n) is 4.90. The van der Waals surface area contributed by atoms with Crippen LogP contribution in [-0.2, 0) is 6.42 Å². The third-order valence-electron chi connectivity index (χ3n) is 3.23. The number of hydrogen-bond donors (Lipinski definition) is 1. The molecule has 0 aliphatic rings. The summed E-state index contributed by atoms with van der Waals surface area (Å²) < 4.78 is 0. The van der Waals surface area contributed by atoms with E-state index < -0.39 is 5.97 Å². The SMILES string of the molecule is CCC/C=C(\CCC)CCc1ccc(C(=O)O)cc1. The number of benzene rings is 1. The highest BCUT2D eigenvalue weighted by Gasteiger charge is 2.02. The molecule has 0 aromatic heterocycles. The van der Waals surface area contributed by atoms with Crippen LogP contribution in [0.25, 0.3) is 0 Å². The minimum Gasteiger partial charge on any atom is -0.478 e. The molecule has 0 spiro atoms. The normalized spacial score (nSPS) is 11.6. The lowest BCUT2D eigenvalue weighted by Crippen LogP contribution is -1.96. The van der Waals surface area contributed by atoms with Crippen LogP contribution < -0.4 is 0 Å². The standard InChI is InChI=1S/C17H24O2/c1-3-5-7-14(6-4-2)8-9-15-10-12-16(13-11-15)17(18)19/h7,10-13H,3-6,8-9H2,1-2H3,(H,18,19)/b14-7+. The molecule has 0 saturated heterocycles. The fourth-order valence-electron chi connectivity index (χ4n) is 2.12. The molecule has 0 bridgehead atoms. The molecule has 1 aromatic carbocycles. The zero-order valence-electron chi connectivity index (χ0n) is 12.0. The number of unbranched alkanes of at least 4 members (excludes halogenated alkanes) is 1. The van der Waals surface area contributed by atoms with Crippen LogP contribution >= 0.6 is 0 Å². The first kappa shape index (κ1) is 15.5. The van der Waals surface area contributed by atoms with Crippen molar-refractivity contribution in [1.82, 2.24) is 0 Å². The Kier molecular flexibility index (Phi) is 6.94. The summed E-state index contributed by atoms with van der Waals surface area (Å²) in [5, 5.41) is 8.85. The molecule has 0 aliphatic heterocycles. The Hall–Kier alpha value is -1.57. The second-order valence-corrected chi connectivity index (χ2v) is 4.90. The van der Waals surface area contributed by atoms with E-state index in [4.69, 9.17) is 5.11 Å². The Morgan fingerprint density at radius 3 is 2.32 bits per heavy atom. The largest absolute Gasteiger partial charge is 0.478 e. The Morgan fingerprint density at radius 2 is 1.79 bits per heavy atom. The minimum absolute atomic E-state index is 0.360. The average molecular weight is 260 g/mol. The van der Waals surface area contributed by atoms with Crippen LogP contribution in [0.1, 0.15) is 61.9 Å². The van der Waals surface area contributed by atoms with Crippen LogP contribution in [0.5, 0.6) is 0 Å². The van der Waals surface area contributed by atoms with Gasteiger partial charge in [-0.2, -0.15) is 0 Å². The lowest BCUT2D eigenvalue weighted by molar-refractivity contribution is 0.0697. The van der Waals surface area contributed by atoms with E-state index in [0.29, 0.717) is 5.56 Å². The number of carbonyl (C=O) groups is 1. The van der Waals surface area contributed by atoms with E-state index in [-0.39, 0.29) is 0 Å². The highest BCUT2D eigenvalue weighted by Crippen LogP contribution is 2.16. The number of rotatable bonds is 8. The summed E-state index contributed by atoms with van der Waals surface area (Å²) in [6.45, 7) is 4.41. The molecule has 0 amide bonds. The zero-order chi connectivity index (χ0) is 14.1. The first-order chi connectivity index (χ1) is 9.17. The predicted molar refractivity (Wildman–Crippen MR) is 79.6 cm³/mol. The van der Waals surface area contributed by atoms with Crippen molar-refractivity contribution in [3.8, 4) is 0 Å². The van der Waals surface area contributed by atoms with Crippen molar-refractivity contribution in [2.45, 2.75) is 52.4 Å². The Morgan fingerprint density at radius 1 is 1.11 bits per heavy atom. The van der Waals surface area contributed by atoms with Crippen LogP contribution in [0.3, 0.4) is 0 Å². The van der Waals surface area contributed by atoms with Gasteiger partial charge >= 0.3 is 5.97 Å². The Balaban J connectivity index is 2.56. The van der Waals surface area contributed by atoms with E-state index in [9.17, 15) is 4.79 Å². The monoisotopic (exact) mass is 260 g/mol. The lowest BCUT2D eigenvalue weighted by Gasteiger charge is -2.07. The van der Waals surface area contributed by atoms with Crippen LogP contribution in [0, 0.1) is 0 Å². The molecule has 19 heavy (non-hydrogen) atoms. The summed E-state index contributed by atoms with van der Waals surface area (Å²) in [4.78, 5) is 10.8. The van der Waals surface area contributed by atoms with Gasteiger partial charge in [-0.3, -0.25) is 0 Å². The lowest BCUT2D eigenvalue weighted by atomic mass is 9.99. The second kappa shape index (κ2) is 8.52. The van der Waals surface area contributed by atoms with Gasteiger partial charge in [-0.25, -0.2) is 4.79 Å². The molecule has 1 aromatic rings. The van der Waals surface area contributed by atoms with E-state index in [2.05, 4.69) is 19.9 Å². The van der Waals surface area contributed by atoms with Gasteiger partial charge < -0.3 is 5.11 Å². The average Bonchev–Trinajstić information content (AvgIpc) is 2.42. The van der Waals surface area contributed by atoms with Gasteiger partial charge in [0.1, 0.15) is 0 Å². The first-order valence-corrected chi connectivity index (χ1v) is 7.17. The van der Waals surface area contributed by atoms with Gasteiger partial charge in [0, 0.05) is 0 Å². The third-order valence-corrected chi connectivity index (χ3v) is 3.23. The van der Waals surface area contributed by atoms with Crippen molar-refractivity contribution in [3.05, 3.63) is 47.0 Å². The smallest absolute Gasteiger partial charge is 0.335 e. The van der Waals surface area contributed by atoms with Gasteiger partial charge in [-0.1, -0.05) is 50.5 Å². The van der Waals surface area contributed by atoms with Gasteiger partial charge in [-0.05, 0) is 43.4 Å². The number of allylic oxidation sites excluding steroid dienone is 2. The highest BCUT2D eigenvalue weighted by atomic mass is 16.4. The maximum absolute atomic E-state index is 10.8. The van der Waals surface area contributed by atoms with E-state index in [1.807, 2.05) is 12.1 Å². The Labute approximate surface area is 116 Å². The molecule has 2 nitrogen and oxygen atoms in total. The van der Waals surface area contributed by atoms with Crippen LogP contribution in [0.2, 0.25) is 0 Å². The molecule has 0 fully saturated rings. The molecule has 104 valence electrons. The summed E-state index contributed by atoms with van der Waals surface area (Å²) in [6.07, 6.45) is 9.17. The maximum atomic E-state index is 10.8. The maximum Gasteiger partial charge on any atom is 0.335 e. The van der Waals surface area contributed by atoms with E-state index in [0.717, 1.165) is 19.3 Å². The molecular formula is C17H24O2. The molecule has 0 aliphatic carbocycles. The molecule has 0 radical (unpaired) electrons. The van der Waals surface area contributed by atoms with Gasteiger partial charge in [0.2, 0.25) is 0 Å². The van der Waals surface area contributed by atoms with Crippen LogP contribution in [0.4, 0.5) is 0 Å². The molecule has 0 saturated carbocycles. The van der Waals surface area contributed by atoms with E-state index in [1.165, 1.54) is 30.4 Å². The number of carboxylic acids is 1. The molecule has 0 heterocycles. The topological polar surface area (TPSA) is 37.3 Å². The number of hydrogen-bond acceptors (Lipinski definition) is 1. The third kappa shape index (κ3) is 5.73. The van der Waals surface area contributed by atoms with Crippen molar-refractivity contribution in [2.75, 3.05) is 0 Å². The molecule has 0 atom stereocenters. The van der Waals surface area contributed by atoms with Gasteiger partial charge in [0.05, 0.1) is 5.56 Å². The number of aryl methyl sites for hydroxylation is 1.